The topological polar surface area (TPSA) is 75.3 Å². The molecule has 2 rings (SSSR count). The molecule has 0 radical (unpaired) electrons. The summed E-state index contributed by atoms with van der Waals surface area (Å²) in [5.41, 5.74) is 1.49. The first kappa shape index (κ1) is 20.3. The Morgan fingerprint density at radius 3 is 2.71 bits per heavy atom. The molecule has 0 aliphatic heterocycles. The largest absolute Gasteiger partial charge is 0.357 e. The van der Waals surface area contributed by atoms with Crippen LogP contribution >= 0.6 is 24.0 Å². The Kier molecular flexibility index (Phi) is 8.09. The fourth-order valence-electron chi connectivity index (χ4n) is 2.04. The Bertz CT molecular complexity index is 689. The molecule has 0 fully saturated rings. The summed E-state index contributed by atoms with van der Waals surface area (Å²) >= 11 is 0. The SMILES string of the molecule is CCNC(=NCc1noc(C)n1)NC(C)c1ccc(C)c(F)c1.I. The molecule has 2 aromatic rings. The van der Waals surface area contributed by atoms with Crippen molar-refractivity contribution < 1.29 is 8.91 Å². The molecule has 132 valence electrons. The maximum atomic E-state index is 13.7. The summed E-state index contributed by atoms with van der Waals surface area (Å²) in [6.07, 6.45) is 0. The van der Waals surface area contributed by atoms with Crippen LogP contribution in [0.15, 0.2) is 27.7 Å². The number of nitrogens with zero attached hydrogens (tertiary/aromatic N) is 3. The van der Waals surface area contributed by atoms with Crippen LogP contribution in [0.4, 0.5) is 4.39 Å². The van der Waals surface area contributed by atoms with Crippen molar-refractivity contribution >= 4 is 29.9 Å². The summed E-state index contributed by atoms with van der Waals surface area (Å²) in [4.78, 5) is 8.53. The van der Waals surface area contributed by atoms with Gasteiger partial charge in [0.1, 0.15) is 12.4 Å². The van der Waals surface area contributed by atoms with E-state index >= 15 is 0 Å². The molecule has 24 heavy (non-hydrogen) atoms. The number of hydrogen-bond donors (Lipinski definition) is 2. The lowest BCUT2D eigenvalue weighted by Crippen LogP contribution is -2.38. The Labute approximate surface area is 158 Å². The standard InChI is InChI=1S/C16H22FN5O.HI/c1-5-18-16(19-9-15-21-12(4)23-22-15)20-11(3)13-7-6-10(2)14(17)8-13;/h6-8,11H,5,9H2,1-4H3,(H2,18,19,20);1H. The molecule has 0 bridgehead atoms. The number of halogens is 2. The van der Waals surface area contributed by atoms with Crippen molar-refractivity contribution in [3.8, 4) is 0 Å². The van der Waals surface area contributed by atoms with Crippen molar-refractivity contribution in [2.75, 3.05) is 6.54 Å². The van der Waals surface area contributed by atoms with Gasteiger partial charge < -0.3 is 15.2 Å². The van der Waals surface area contributed by atoms with Crippen molar-refractivity contribution in [3.05, 3.63) is 46.9 Å². The lowest BCUT2D eigenvalue weighted by molar-refractivity contribution is 0.387. The zero-order chi connectivity index (χ0) is 16.8. The monoisotopic (exact) mass is 447 g/mol. The van der Waals surface area contributed by atoms with Gasteiger partial charge in [-0.1, -0.05) is 17.3 Å². The lowest BCUT2D eigenvalue weighted by Gasteiger charge is -2.18. The minimum Gasteiger partial charge on any atom is -0.357 e. The van der Waals surface area contributed by atoms with Crippen LogP contribution in [-0.2, 0) is 6.54 Å². The van der Waals surface area contributed by atoms with Crippen LogP contribution in [0.3, 0.4) is 0 Å². The average Bonchev–Trinajstić information content (AvgIpc) is 2.93. The normalized spacial score (nSPS) is 12.5. The van der Waals surface area contributed by atoms with Gasteiger partial charge in [-0.3, -0.25) is 0 Å². The van der Waals surface area contributed by atoms with Gasteiger partial charge in [0.15, 0.2) is 11.8 Å². The molecule has 1 atom stereocenters. The van der Waals surface area contributed by atoms with Gasteiger partial charge in [-0.2, -0.15) is 4.98 Å². The predicted molar refractivity (Wildman–Crippen MR) is 102 cm³/mol. The predicted octanol–water partition coefficient (Wildman–Crippen LogP) is 3.26. The number of guanidine groups is 1. The van der Waals surface area contributed by atoms with Crippen LogP contribution in [0.5, 0.6) is 0 Å². The molecule has 8 heteroatoms. The summed E-state index contributed by atoms with van der Waals surface area (Å²) in [7, 11) is 0. The minimum absolute atomic E-state index is 0. The zero-order valence-corrected chi connectivity index (χ0v) is 16.6. The van der Waals surface area contributed by atoms with E-state index in [4.69, 9.17) is 4.52 Å². The van der Waals surface area contributed by atoms with Crippen LogP contribution in [0.1, 0.15) is 42.7 Å². The third-order valence-corrected chi connectivity index (χ3v) is 3.34. The van der Waals surface area contributed by atoms with E-state index in [1.54, 1.807) is 26.0 Å². The van der Waals surface area contributed by atoms with E-state index in [1.807, 2.05) is 19.9 Å². The lowest BCUT2D eigenvalue weighted by atomic mass is 10.1. The molecule has 2 N–H and O–H groups in total. The summed E-state index contributed by atoms with van der Waals surface area (Å²) in [5, 5.41) is 10.2. The number of hydrogen-bond acceptors (Lipinski definition) is 4. The molecule has 0 aliphatic carbocycles. The van der Waals surface area contributed by atoms with Crippen molar-refractivity contribution in [1.82, 2.24) is 20.8 Å². The van der Waals surface area contributed by atoms with Crippen LogP contribution in [0.25, 0.3) is 0 Å². The molecule has 0 spiro atoms. The molecule has 0 amide bonds. The second-order valence-electron chi connectivity index (χ2n) is 5.30. The molecular weight excluding hydrogens is 424 g/mol. The van der Waals surface area contributed by atoms with Crippen LogP contribution in [-0.4, -0.2) is 22.6 Å². The summed E-state index contributed by atoms with van der Waals surface area (Å²) in [6, 6.07) is 5.13. The zero-order valence-electron chi connectivity index (χ0n) is 14.3. The Hall–Kier alpha value is -1.71. The molecule has 6 nitrogen and oxygen atoms in total. The highest BCUT2D eigenvalue weighted by atomic mass is 127. The van der Waals surface area contributed by atoms with E-state index in [0.717, 1.165) is 5.56 Å². The van der Waals surface area contributed by atoms with Gasteiger partial charge in [0.25, 0.3) is 0 Å². The first-order valence-corrected chi connectivity index (χ1v) is 7.59. The van der Waals surface area contributed by atoms with Gasteiger partial charge in [0.2, 0.25) is 5.89 Å². The second kappa shape index (κ2) is 9.55. The summed E-state index contributed by atoms with van der Waals surface area (Å²) < 4.78 is 18.6. The van der Waals surface area contributed by atoms with Crippen molar-refractivity contribution in [2.45, 2.75) is 40.3 Å². The smallest absolute Gasteiger partial charge is 0.223 e. The second-order valence-corrected chi connectivity index (χ2v) is 5.30. The summed E-state index contributed by atoms with van der Waals surface area (Å²) in [6.45, 7) is 8.43. The van der Waals surface area contributed by atoms with E-state index in [2.05, 4.69) is 25.8 Å². The van der Waals surface area contributed by atoms with E-state index in [9.17, 15) is 4.39 Å². The first-order chi connectivity index (χ1) is 11.0. The number of rotatable bonds is 5. The Morgan fingerprint density at radius 2 is 2.12 bits per heavy atom. The van der Waals surface area contributed by atoms with Crippen LogP contribution < -0.4 is 10.6 Å². The molecule has 0 aliphatic rings. The van der Waals surface area contributed by atoms with Gasteiger partial charge in [0, 0.05) is 13.5 Å². The van der Waals surface area contributed by atoms with Gasteiger partial charge in [-0.25, -0.2) is 9.38 Å². The van der Waals surface area contributed by atoms with Gasteiger partial charge >= 0.3 is 0 Å². The fraction of sp³-hybridized carbons (Fsp3) is 0.438. The fourth-order valence-corrected chi connectivity index (χ4v) is 2.04. The Morgan fingerprint density at radius 1 is 1.38 bits per heavy atom. The van der Waals surface area contributed by atoms with Crippen LogP contribution in [0, 0.1) is 19.7 Å². The van der Waals surface area contributed by atoms with E-state index in [0.29, 0.717) is 36.3 Å². The first-order valence-electron chi connectivity index (χ1n) is 7.59. The summed E-state index contributed by atoms with van der Waals surface area (Å²) in [5.74, 6) is 1.44. The quantitative estimate of drug-likeness (QED) is 0.418. The van der Waals surface area contributed by atoms with E-state index in [-0.39, 0.29) is 35.8 Å². The van der Waals surface area contributed by atoms with Gasteiger partial charge in [0.05, 0.1) is 6.04 Å². The maximum Gasteiger partial charge on any atom is 0.223 e. The highest BCUT2D eigenvalue weighted by molar-refractivity contribution is 14.0. The van der Waals surface area contributed by atoms with E-state index in [1.165, 1.54) is 0 Å². The molecule has 0 saturated heterocycles. The average molecular weight is 447 g/mol. The third kappa shape index (κ3) is 5.73. The van der Waals surface area contributed by atoms with Gasteiger partial charge in [-0.05, 0) is 38.0 Å². The number of aryl methyl sites for hydroxylation is 2. The number of benzene rings is 1. The molecule has 1 aromatic heterocycles. The van der Waals surface area contributed by atoms with E-state index < -0.39 is 0 Å². The van der Waals surface area contributed by atoms with Crippen LogP contribution in [0.2, 0.25) is 0 Å². The van der Waals surface area contributed by atoms with Crippen molar-refractivity contribution in [3.63, 3.8) is 0 Å². The Balaban J connectivity index is 0.00000288. The maximum absolute atomic E-state index is 13.7. The highest BCUT2D eigenvalue weighted by Crippen LogP contribution is 2.16. The number of aromatic nitrogens is 2. The van der Waals surface area contributed by atoms with Gasteiger partial charge in [-0.15, -0.1) is 24.0 Å². The molecule has 0 saturated carbocycles. The molecule has 1 unspecified atom stereocenters. The number of nitrogens with one attached hydrogen (secondary N) is 2. The molecule has 1 heterocycles. The third-order valence-electron chi connectivity index (χ3n) is 3.34. The minimum atomic E-state index is -0.208. The number of aliphatic imine (C=N–C) groups is 1. The van der Waals surface area contributed by atoms with Crippen molar-refractivity contribution in [1.29, 1.82) is 0 Å². The van der Waals surface area contributed by atoms with Crippen molar-refractivity contribution in [2.24, 2.45) is 4.99 Å². The molecule has 1 aromatic carbocycles. The highest BCUT2D eigenvalue weighted by Gasteiger charge is 2.10. The molecular formula is C16H23FIN5O.